The number of likely N-dealkylation sites (tertiary alicyclic amines) is 1. The molecule has 0 aliphatic carbocycles. The molecule has 2 heterocycles. The van der Waals surface area contributed by atoms with Gasteiger partial charge in [0.1, 0.15) is 0 Å². The Kier molecular flexibility index (Phi) is 6.84. The average molecular weight is 272 g/mol. The summed E-state index contributed by atoms with van der Waals surface area (Å²) >= 11 is 2.11. The minimum Gasteiger partial charge on any atom is -0.396 e. The standard InChI is InChI=1S/C14H28N2OS/c17-11-3-1-2-6-15-7-4-14(5-8-15)16-9-12-18-13-10-16/h14,17H,1-13H2. The number of aliphatic hydroxyl groups is 1. The predicted octanol–water partition coefficient (Wildman–Crippen LogP) is 1.66. The number of aliphatic hydroxyl groups excluding tert-OH is 1. The topological polar surface area (TPSA) is 26.7 Å². The van der Waals surface area contributed by atoms with Crippen LogP contribution in [0.2, 0.25) is 0 Å². The molecule has 2 saturated heterocycles. The lowest BCUT2D eigenvalue weighted by molar-refractivity contribution is 0.115. The molecule has 0 unspecified atom stereocenters. The summed E-state index contributed by atoms with van der Waals surface area (Å²) in [7, 11) is 0. The number of thioether (sulfide) groups is 1. The summed E-state index contributed by atoms with van der Waals surface area (Å²) in [6, 6.07) is 0.861. The van der Waals surface area contributed by atoms with Gasteiger partial charge in [-0.3, -0.25) is 4.90 Å². The van der Waals surface area contributed by atoms with Gasteiger partial charge < -0.3 is 10.0 Å². The molecule has 0 aromatic carbocycles. The first-order valence-corrected chi connectivity index (χ1v) is 8.70. The molecule has 106 valence electrons. The molecule has 3 nitrogen and oxygen atoms in total. The number of nitrogens with zero attached hydrogens (tertiary/aromatic N) is 2. The van der Waals surface area contributed by atoms with Crippen molar-refractivity contribution in [2.45, 2.75) is 38.1 Å². The quantitative estimate of drug-likeness (QED) is 0.744. The second-order valence-electron chi connectivity index (χ2n) is 5.51. The van der Waals surface area contributed by atoms with Gasteiger partial charge in [0.25, 0.3) is 0 Å². The number of piperidine rings is 1. The maximum absolute atomic E-state index is 8.76. The molecular formula is C14H28N2OS. The summed E-state index contributed by atoms with van der Waals surface area (Å²) in [5.41, 5.74) is 0. The second kappa shape index (κ2) is 8.41. The van der Waals surface area contributed by atoms with Crippen LogP contribution in [0.4, 0.5) is 0 Å². The monoisotopic (exact) mass is 272 g/mol. The fourth-order valence-electron chi connectivity index (χ4n) is 3.07. The van der Waals surface area contributed by atoms with Crippen LogP contribution in [0.15, 0.2) is 0 Å². The van der Waals surface area contributed by atoms with Crippen molar-refractivity contribution in [2.75, 3.05) is 50.8 Å². The largest absolute Gasteiger partial charge is 0.396 e. The van der Waals surface area contributed by atoms with Crippen molar-refractivity contribution < 1.29 is 5.11 Å². The Balaban J connectivity index is 1.58. The predicted molar refractivity (Wildman–Crippen MR) is 79.3 cm³/mol. The molecule has 4 heteroatoms. The third-order valence-corrected chi connectivity index (χ3v) is 5.19. The van der Waals surface area contributed by atoms with Crippen molar-refractivity contribution in [3.8, 4) is 0 Å². The molecular weight excluding hydrogens is 244 g/mol. The van der Waals surface area contributed by atoms with E-state index in [2.05, 4.69) is 21.6 Å². The number of unbranched alkanes of at least 4 members (excludes halogenated alkanes) is 2. The van der Waals surface area contributed by atoms with Gasteiger partial charge in [-0.2, -0.15) is 11.8 Å². The van der Waals surface area contributed by atoms with Crippen LogP contribution in [-0.2, 0) is 0 Å². The van der Waals surface area contributed by atoms with Crippen molar-refractivity contribution >= 4 is 11.8 Å². The van der Waals surface area contributed by atoms with E-state index in [1.807, 2.05) is 0 Å². The van der Waals surface area contributed by atoms with Crippen molar-refractivity contribution in [1.29, 1.82) is 0 Å². The second-order valence-corrected chi connectivity index (χ2v) is 6.73. The van der Waals surface area contributed by atoms with Crippen LogP contribution in [-0.4, -0.2) is 71.8 Å². The summed E-state index contributed by atoms with van der Waals surface area (Å²) in [5.74, 6) is 2.67. The normalized spacial score (nSPS) is 24.5. The highest BCUT2D eigenvalue weighted by atomic mass is 32.2. The molecule has 0 atom stereocenters. The Hall–Kier alpha value is 0.230. The first kappa shape index (κ1) is 14.6. The van der Waals surface area contributed by atoms with Crippen LogP contribution < -0.4 is 0 Å². The Bertz CT molecular complexity index is 214. The van der Waals surface area contributed by atoms with Crippen molar-refractivity contribution in [3.63, 3.8) is 0 Å². The van der Waals surface area contributed by atoms with Gasteiger partial charge in [0.05, 0.1) is 0 Å². The molecule has 2 rings (SSSR count). The Morgan fingerprint density at radius 1 is 0.944 bits per heavy atom. The Morgan fingerprint density at radius 2 is 1.67 bits per heavy atom. The van der Waals surface area contributed by atoms with E-state index in [-0.39, 0.29) is 0 Å². The number of rotatable bonds is 6. The van der Waals surface area contributed by atoms with E-state index in [9.17, 15) is 0 Å². The number of hydrogen-bond acceptors (Lipinski definition) is 4. The van der Waals surface area contributed by atoms with E-state index in [1.165, 1.54) is 69.9 Å². The zero-order valence-corrected chi connectivity index (χ0v) is 12.3. The van der Waals surface area contributed by atoms with Gasteiger partial charge in [0.2, 0.25) is 0 Å². The molecule has 0 amide bonds. The highest BCUT2D eigenvalue weighted by molar-refractivity contribution is 7.99. The molecule has 18 heavy (non-hydrogen) atoms. The van der Waals surface area contributed by atoms with Crippen molar-refractivity contribution in [1.82, 2.24) is 9.80 Å². The smallest absolute Gasteiger partial charge is 0.0431 e. The maximum atomic E-state index is 8.76. The van der Waals surface area contributed by atoms with E-state index >= 15 is 0 Å². The minimum atomic E-state index is 0.356. The summed E-state index contributed by atoms with van der Waals surface area (Å²) in [5, 5.41) is 8.76. The molecule has 0 aromatic rings. The molecule has 0 saturated carbocycles. The zero-order valence-electron chi connectivity index (χ0n) is 11.5. The Morgan fingerprint density at radius 3 is 2.33 bits per heavy atom. The SMILES string of the molecule is OCCCCCN1CCC(N2CCSCC2)CC1. The molecule has 2 fully saturated rings. The molecule has 0 spiro atoms. The fourth-order valence-corrected chi connectivity index (χ4v) is 4.01. The van der Waals surface area contributed by atoms with Crippen LogP contribution in [0.1, 0.15) is 32.1 Å². The van der Waals surface area contributed by atoms with Crippen LogP contribution in [0.3, 0.4) is 0 Å². The molecule has 0 radical (unpaired) electrons. The van der Waals surface area contributed by atoms with E-state index in [0.29, 0.717) is 6.61 Å². The van der Waals surface area contributed by atoms with E-state index < -0.39 is 0 Å². The number of hydrogen-bond donors (Lipinski definition) is 1. The van der Waals surface area contributed by atoms with Gasteiger partial charge >= 0.3 is 0 Å². The molecule has 0 bridgehead atoms. The maximum Gasteiger partial charge on any atom is 0.0431 e. The molecule has 2 aliphatic rings. The summed E-state index contributed by atoms with van der Waals surface area (Å²) in [6.07, 6.45) is 6.14. The average Bonchev–Trinajstić information content (AvgIpc) is 2.45. The summed E-state index contributed by atoms with van der Waals surface area (Å²) in [4.78, 5) is 5.34. The van der Waals surface area contributed by atoms with Gasteiger partial charge in [-0.15, -0.1) is 0 Å². The minimum absolute atomic E-state index is 0.356. The first-order valence-electron chi connectivity index (χ1n) is 7.55. The van der Waals surface area contributed by atoms with Crippen LogP contribution >= 0.6 is 11.8 Å². The van der Waals surface area contributed by atoms with Crippen molar-refractivity contribution in [2.24, 2.45) is 0 Å². The van der Waals surface area contributed by atoms with Gasteiger partial charge in [0, 0.05) is 37.2 Å². The highest BCUT2D eigenvalue weighted by Crippen LogP contribution is 2.20. The zero-order chi connectivity index (χ0) is 12.6. The summed E-state index contributed by atoms with van der Waals surface area (Å²) in [6.45, 7) is 6.79. The van der Waals surface area contributed by atoms with Crippen molar-refractivity contribution in [3.05, 3.63) is 0 Å². The van der Waals surface area contributed by atoms with E-state index in [1.54, 1.807) is 0 Å². The molecule has 1 N–H and O–H groups in total. The first-order chi connectivity index (χ1) is 8.90. The summed E-state index contributed by atoms with van der Waals surface area (Å²) < 4.78 is 0. The van der Waals surface area contributed by atoms with Crippen LogP contribution in [0, 0.1) is 0 Å². The fraction of sp³-hybridized carbons (Fsp3) is 1.00. The van der Waals surface area contributed by atoms with E-state index in [4.69, 9.17) is 5.11 Å². The van der Waals surface area contributed by atoms with Crippen LogP contribution in [0.25, 0.3) is 0 Å². The third-order valence-electron chi connectivity index (χ3n) is 4.25. The molecule has 0 aromatic heterocycles. The highest BCUT2D eigenvalue weighted by Gasteiger charge is 2.25. The third kappa shape index (κ3) is 4.72. The van der Waals surface area contributed by atoms with Gasteiger partial charge in [-0.05, 0) is 51.7 Å². The van der Waals surface area contributed by atoms with E-state index in [0.717, 1.165) is 12.5 Å². The lowest BCUT2D eigenvalue weighted by Crippen LogP contribution is -2.47. The molecule has 2 aliphatic heterocycles. The lowest BCUT2D eigenvalue weighted by atomic mass is 10.0. The van der Waals surface area contributed by atoms with Gasteiger partial charge in [-0.25, -0.2) is 0 Å². The Labute approximate surface area is 116 Å². The van der Waals surface area contributed by atoms with Gasteiger partial charge in [-0.1, -0.05) is 0 Å². The lowest BCUT2D eigenvalue weighted by Gasteiger charge is -2.40. The van der Waals surface area contributed by atoms with Crippen LogP contribution in [0.5, 0.6) is 0 Å². The van der Waals surface area contributed by atoms with Gasteiger partial charge in [0.15, 0.2) is 0 Å².